The third kappa shape index (κ3) is 14.5. The number of carboxylic acids is 2. The number of aliphatic carboxylic acids is 2. The summed E-state index contributed by atoms with van der Waals surface area (Å²) in [5, 5.41) is 34.3. The molecule has 0 bridgehead atoms. The van der Waals surface area contributed by atoms with Gasteiger partial charge in [-0.3, -0.25) is 33.6 Å². The van der Waals surface area contributed by atoms with Gasteiger partial charge in [-0.15, -0.1) is 0 Å². The maximum Gasteiger partial charge on any atom is 0.326 e. The summed E-state index contributed by atoms with van der Waals surface area (Å²) in [6.07, 6.45) is 1.60. The molecule has 0 radical (unpaired) electrons. The third-order valence-electron chi connectivity index (χ3n) is 12.4. The highest BCUT2D eigenvalue weighted by atomic mass is 16.4. The fraction of sp³-hybridized carbons (Fsp3) is 0.451. The van der Waals surface area contributed by atoms with Gasteiger partial charge in [0.2, 0.25) is 35.4 Å². The summed E-state index contributed by atoms with van der Waals surface area (Å²) in [7, 11) is 1.39. The van der Waals surface area contributed by atoms with E-state index in [0.717, 1.165) is 10.9 Å². The van der Waals surface area contributed by atoms with Crippen LogP contribution in [0.2, 0.25) is 0 Å². The van der Waals surface area contributed by atoms with E-state index in [1.807, 2.05) is 81.4 Å². The minimum absolute atomic E-state index is 0.0440. The van der Waals surface area contributed by atoms with Crippen LogP contribution in [0.5, 0.6) is 0 Å². The number of rotatable bonds is 25. The number of aromatic amines is 1. The molecule has 4 rings (SSSR count). The van der Waals surface area contributed by atoms with Gasteiger partial charge in [-0.05, 0) is 46.9 Å². The van der Waals surface area contributed by atoms with Crippen LogP contribution >= 0.6 is 0 Å². The summed E-state index contributed by atoms with van der Waals surface area (Å²) < 4.78 is 0. The Kier molecular flexibility index (Phi) is 19.8. The molecule has 0 spiro atoms. The van der Waals surface area contributed by atoms with E-state index < -0.39 is 108 Å². The number of likely N-dealkylation sites (N-methyl/N-ethyl adjacent to an activating group) is 1. The van der Waals surface area contributed by atoms with Crippen molar-refractivity contribution in [2.45, 2.75) is 123 Å². The average Bonchev–Trinajstić information content (AvgIpc) is 3.71. The number of aromatic nitrogens is 1. The van der Waals surface area contributed by atoms with E-state index in [2.05, 4.69) is 31.6 Å². The number of carboxylic acid groups (broad SMARTS) is 2. The molecule has 68 heavy (non-hydrogen) atoms. The second kappa shape index (κ2) is 25.2. The molecule has 0 fully saturated rings. The van der Waals surface area contributed by atoms with Crippen LogP contribution in [-0.4, -0.2) is 111 Å². The predicted molar refractivity (Wildman–Crippen MR) is 257 cm³/mol. The second-order valence-corrected chi connectivity index (χ2v) is 17.9. The quantitative estimate of drug-likeness (QED) is 0.0461. The molecule has 6 amide bonds. The fourth-order valence-electron chi connectivity index (χ4n) is 8.35. The van der Waals surface area contributed by atoms with Crippen LogP contribution in [-0.2, 0) is 44.8 Å². The lowest BCUT2D eigenvalue weighted by Gasteiger charge is -2.36. The Balaban J connectivity index is 1.59. The number of hydrogen-bond donors (Lipinski definition) is 8. The lowest BCUT2D eigenvalue weighted by Crippen LogP contribution is -2.62. The first-order chi connectivity index (χ1) is 32.3. The molecule has 1 aromatic heterocycles. The normalized spacial score (nSPS) is 14.9. The van der Waals surface area contributed by atoms with Gasteiger partial charge in [0, 0.05) is 43.4 Å². The number of hydrogen-bond acceptors (Lipinski definition) is 8. The molecule has 17 heteroatoms. The molecule has 0 saturated heterocycles. The van der Waals surface area contributed by atoms with Gasteiger partial charge in [-0.2, -0.15) is 0 Å². The van der Waals surface area contributed by atoms with Crippen LogP contribution in [0.3, 0.4) is 0 Å². The Hall–Kier alpha value is -7.04. The topological polar surface area (TPSA) is 256 Å². The third-order valence-corrected chi connectivity index (χ3v) is 12.4. The fourth-order valence-corrected chi connectivity index (χ4v) is 8.35. The molecule has 366 valence electrons. The van der Waals surface area contributed by atoms with Crippen LogP contribution in [0.25, 0.3) is 10.9 Å². The Labute approximate surface area is 397 Å². The van der Waals surface area contributed by atoms with Gasteiger partial charge in [-0.1, -0.05) is 133 Å². The van der Waals surface area contributed by atoms with Gasteiger partial charge in [0.15, 0.2) is 0 Å². The molecule has 3 aromatic carbocycles. The predicted octanol–water partition coefficient (Wildman–Crippen LogP) is 4.51. The van der Waals surface area contributed by atoms with E-state index in [1.54, 1.807) is 51.2 Å². The smallest absolute Gasteiger partial charge is 0.326 e. The van der Waals surface area contributed by atoms with Crippen molar-refractivity contribution in [1.82, 2.24) is 36.5 Å². The van der Waals surface area contributed by atoms with Crippen LogP contribution in [0.1, 0.15) is 96.8 Å². The Morgan fingerprint density at radius 3 is 1.68 bits per heavy atom. The van der Waals surface area contributed by atoms with Crippen molar-refractivity contribution in [3.05, 3.63) is 108 Å². The zero-order valence-corrected chi connectivity index (χ0v) is 40.1. The van der Waals surface area contributed by atoms with Crippen molar-refractivity contribution >= 4 is 58.3 Å². The lowest BCUT2D eigenvalue weighted by atomic mass is 9.84. The van der Waals surface area contributed by atoms with E-state index in [-0.39, 0.29) is 18.8 Å². The number of para-hydroxylation sites is 1. The molecule has 8 atom stereocenters. The van der Waals surface area contributed by atoms with Crippen molar-refractivity contribution in [2.75, 3.05) is 7.05 Å². The van der Waals surface area contributed by atoms with Gasteiger partial charge in [0.25, 0.3) is 0 Å². The molecule has 0 aliphatic rings. The van der Waals surface area contributed by atoms with E-state index in [1.165, 1.54) is 18.9 Å². The standard InChI is InChI=1S/C51H67N7O10/c1-9-30(5)43(50(66)58(8)45(31(6)10-2)49(65)56-40(51(67)68)26-35-28-52-37-24-18-17-23-36(35)37)57-47(63)39(27-41(60)61)54-46(62)38(25-29(3)4)55-48(64)44(53-32(7)59)42(33-19-13-11-14-20-33)34-21-15-12-16-22-34/h11-24,28-31,38-40,42-45,52H,9-10,25-27H2,1-8H3,(H,53,59)(H,54,62)(H,55,64)(H,56,65)(H,57,63)(H,60,61)(H,67,68)/t30-,31-,38-,39-,40-,43-,44+,45-/m0/s1. The van der Waals surface area contributed by atoms with Crippen LogP contribution in [0.4, 0.5) is 0 Å². The van der Waals surface area contributed by atoms with Crippen molar-refractivity contribution < 1.29 is 48.6 Å². The minimum Gasteiger partial charge on any atom is -0.481 e. The molecule has 0 unspecified atom stereocenters. The molecule has 8 N–H and O–H groups in total. The van der Waals surface area contributed by atoms with E-state index >= 15 is 0 Å². The highest BCUT2D eigenvalue weighted by molar-refractivity contribution is 5.98. The number of nitrogens with one attached hydrogen (secondary N) is 6. The maximum atomic E-state index is 14.5. The zero-order valence-electron chi connectivity index (χ0n) is 40.1. The molecule has 1 heterocycles. The van der Waals surface area contributed by atoms with Crippen molar-refractivity contribution in [1.29, 1.82) is 0 Å². The molecule has 0 aliphatic carbocycles. The second-order valence-electron chi connectivity index (χ2n) is 17.9. The van der Waals surface area contributed by atoms with E-state index in [4.69, 9.17) is 0 Å². The SMILES string of the molecule is CC[C@H](C)[C@H](NC(=O)[C@H](CC(=O)O)NC(=O)[C@H](CC(C)C)NC(=O)[C@H](NC(C)=O)C(c1ccccc1)c1ccccc1)C(=O)N(C)[C@H](C(=O)N[C@@H](Cc1c[nH]c2ccccc12)C(=O)O)[C@@H](C)CC. The average molecular weight is 938 g/mol. The summed E-state index contributed by atoms with van der Waals surface area (Å²) in [5.41, 5.74) is 2.91. The molecular weight excluding hydrogens is 871 g/mol. The lowest BCUT2D eigenvalue weighted by molar-refractivity contribution is -0.147. The molecule has 17 nitrogen and oxygen atoms in total. The van der Waals surface area contributed by atoms with Crippen LogP contribution < -0.4 is 26.6 Å². The van der Waals surface area contributed by atoms with Crippen molar-refractivity contribution in [3.63, 3.8) is 0 Å². The first kappa shape index (κ1) is 53.6. The Morgan fingerprint density at radius 1 is 0.618 bits per heavy atom. The van der Waals surface area contributed by atoms with Gasteiger partial charge >= 0.3 is 11.9 Å². The highest BCUT2D eigenvalue weighted by Gasteiger charge is 2.40. The summed E-state index contributed by atoms with van der Waals surface area (Å²) in [5.74, 6) is -9.11. The first-order valence-corrected chi connectivity index (χ1v) is 23.1. The van der Waals surface area contributed by atoms with Crippen LogP contribution in [0.15, 0.2) is 91.1 Å². The highest BCUT2D eigenvalue weighted by Crippen LogP contribution is 2.29. The van der Waals surface area contributed by atoms with Gasteiger partial charge in [-0.25, -0.2) is 4.79 Å². The molecular formula is C51H67N7O10. The molecule has 0 aliphatic heterocycles. The number of H-pyrrole nitrogens is 1. The molecule has 4 aromatic rings. The maximum absolute atomic E-state index is 14.5. The van der Waals surface area contributed by atoms with Gasteiger partial charge < -0.3 is 46.7 Å². The summed E-state index contributed by atoms with van der Waals surface area (Å²) >= 11 is 0. The van der Waals surface area contributed by atoms with Crippen molar-refractivity contribution in [3.8, 4) is 0 Å². The van der Waals surface area contributed by atoms with Gasteiger partial charge in [0.05, 0.1) is 6.42 Å². The number of nitrogens with zero attached hydrogens (tertiary/aromatic N) is 1. The number of benzene rings is 3. The minimum atomic E-state index is -1.72. The summed E-state index contributed by atoms with van der Waals surface area (Å²) in [6, 6.07) is 17.4. The largest absolute Gasteiger partial charge is 0.481 e. The molecule has 0 saturated carbocycles. The summed E-state index contributed by atoms with van der Waals surface area (Å²) in [4.78, 5) is 113. The summed E-state index contributed by atoms with van der Waals surface area (Å²) in [6.45, 7) is 11.9. The Bertz CT molecular complexity index is 2330. The zero-order chi connectivity index (χ0) is 50.2. The Morgan fingerprint density at radius 2 is 1.15 bits per heavy atom. The number of amides is 6. The van der Waals surface area contributed by atoms with E-state index in [0.29, 0.717) is 29.5 Å². The number of fused-ring (bicyclic) bond motifs is 1. The van der Waals surface area contributed by atoms with Crippen LogP contribution in [0, 0.1) is 17.8 Å². The number of carbonyl (C=O) groups is 8. The van der Waals surface area contributed by atoms with Gasteiger partial charge in [0.1, 0.15) is 36.3 Å². The monoisotopic (exact) mass is 937 g/mol. The van der Waals surface area contributed by atoms with Crippen molar-refractivity contribution in [2.24, 2.45) is 17.8 Å². The van der Waals surface area contributed by atoms with E-state index in [9.17, 15) is 48.6 Å². The number of carbonyl (C=O) groups excluding carboxylic acids is 6. The first-order valence-electron chi connectivity index (χ1n) is 23.1.